The fourth-order valence-electron chi connectivity index (χ4n) is 4.21. The van der Waals surface area contributed by atoms with Crippen molar-refractivity contribution in [1.29, 1.82) is 5.26 Å². The first kappa shape index (κ1) is 22.3. The number of nitriles is 1. The minimum atomic E-state index is -4.40. The number of nitrogens with one attached hydrogen (secondary N) is 1. The largest absolute Gasteiger partial charge is 0.417 e. The number of carbonyl (C=O) groups is 1. The zero-order valence-electron chi connectivity index (χ0n) is 17.0. The fourth-order valence-corrected chi connectivity index (χ4v) is 4.21. The Morgan fingerprint density at radius 2 is 1.83 bits per heavy atom. The highest BCUT2D eigenvalue weighted by Crippen LogP contribution is 2.29. The number of carbonyl (C=O) groups excluding carboxylic acids is 1. The van der Waals surface area contributed by atoms with Crippen LogP contribution in [-0.2, 0) is 11.0 Å². The molecule has 1 aromatic rings. The average molecular weight is 423 g/mol. The number of anilines is 1. The third-order valence-corrected chi connectivity index (χ3v) is 5.90. The van der Waals surface area contributed by atoms with Crippen LogP contribution >= 0.6 is 0 Å². The van der Waals surface area contributed by atoms with Gasteiger partial charge in [-0.05, 0) is 31.4 Å². The molecule has 1 amide bonds. The van der Waals surface area contributed by atoms with Crippen LogP contribution in [0.15, 0.2) is 18.3 Å². The van der Waals surface area contributed by atoms with Gasteiger partial charge in [0.2, 0.25) is 5.91 Å². The first-order valence-electron chi connectivity index (χ1n) is 10.5. The van der Waals surface area contributed by atoms with Gasteiger partial charge in [-0.2, -0.15) is 18.4 Å². The predicted octanol–water partition coefficient (Wildman–Crippen LogP) is 3.35. The summed E-state index contributed by atoms with van der Waals surface area (Å²) < 4.78 is 38.2. The highest BCUT2D eigenvalue weighted by atomic mass is 19.4. The molecule has 1 aliphatic heterocycles. The molecule has 2 aliphatic rings. The minimum Gasteiger partial charge on any atom is -0.355 e. The second-order valence-electron chi connectivity index (χ2n) is 8.18. The number of amides is 1. The van der Waals surface area contributed by atoms with E-state index in [1.165, 1.54) is 6.07 Å². The van der Waals surface area contributed by atoms with Gasteiger partial charge in [0, 0.05) is 32.4 Å². The van der Waals surface area contributed by atoms with Gasteiger partial charge in [0.25, 0.3) is 0 Å². The van der Waals surface area contributed by atoms with Crippen LogP contribution in [0.25, 0.3) is 0 Å². The Hall–Kier alpha value is -2.34. The quantitative estimate of drug-likeness (QED) is 0.752. The Bertz CT molecular complexity index is 751. The lowest BCUT2D eigenvalue weighted by Crippen LogP contribution is -2.50. The first-order chi connectivity index (χ1) is 14.3. The molecule has 3 rings (SSSR count). The third kappa shape index (κ3) is 5.85. The van der Waals surface area contributed by atoms with E-state index < -0.39 is 17.3 Å². The average Bonchev–Trinajstić information content (AvgIpc) is 3.09. The standard InChI is InChI=1S/C21H28F3N5O/c22-21(23,24)17-6-7-18(26-14-17)29-11-5-10-28(12-13-29)15-19(30)27-20(16-25)8-3-1-2-4-9-20/h6-7,14H,1-5,8-13,15H2,(H,27,30). The number of hydrogen-bond acceptors (Lipinski definition) is 5. The molecule has 0 spiro atoms. The van der Waals surface area contributed by atoms with Crippen molar-refractivity contribution in [3.63, 3.8) is 0 Å². The normalized spacial score (nSPS) is 20.7. The summed E-state index contributed by atoms with van der Waals surface area (Å²) >= 11 is 0. The van der Waals surface area contributed by atoms with Crippen LogP contribution in [-0.4, -0.2) is 54.1 Å². The zero-order valence-corrected chi connectivity index (χ0v) is 17.0. The molecule has 2 heterocycles. The predicted molar refractivity (Wildman–Crippen MR) is 107 cm³/mol. The van der Waals surface area contributed by atoms with Crippen molar-refractivity contribution in [3.05, 3.63) is 23.9 Å². The van der Waals surface area contributed by atoms with E-state index in [1.807, 2.05) is 9.80 Å². The second kappa shape index (κ2) is 9.65. The van der Waals surface area contributed by atoms with Crippen molar-refractivity contribution < 1.29 is 18.0 Å². The topological polar surface area (TPSA) is 72.3 Å². The summed E-state index contributed by atoms with van der Waals surface area (Å²) in [4.78, 5) is 20.6. The molecule has 1 N–H and O–H groups in total. The van der Waals surface area contributed by atoms with Gasteiger partial charge >= 0.3 is 6.18 Å². The van der Waals surface area contributed by atoms with E-state index in [0.717, 1.165) is 44.4 Å². The molecule has 9 heteroatoms. The maximum absolute atomic E-state index is 12.7. The van der Waals surface area contributed by atoms with Crippen LogP contribution < -0.4 is 10.2 Å². The number of nitrogens with zero attached hydrogens (tertiary/aromatic N) is 4. The van der Waals surface area contributed by atoms with Gasteiger partial charge in [-0.3, -0.25) is 9.69 Å². The third-order valence-electron chi connectivity index (χ3n) is 5.90. The van der Waals surface area contributed by atoms with E-state index in [0.29, 0.717) is 44.8 Å². The van der Waals surface area contributed by atoms with Crippen molar-refractivity contribution in [1.82, 2.24) is 15.2 Å². The summed E-state index contributed by atoms with van der Waals surface area (Å²) in [7, 11) is 0. The lowest BCUT2D eigenvalue weighted by Gasteiger charge is -2.28. The zero-order chi connectivity index (χ0) is 21.6. The van der Waals surface area contributed by atoms with Crippen molar-refractivity contribution in [2.24, 2.45) is 0 Å². The van der Waals surface area contributed by atoms with E-state index >= 15 is 0 Å². The summed E-state index contributed by atoms with van der Waals surface area (Å²) in [6, 6.07) is 4.78. The van der Waals surface area contributed by atoms with Crippen LogP contribution in [0.3, 0.4) is 0 Å². The van der Waals surface area contributed by atoms with Crippen molar-refractivity contribution >= 4 is 11.7 Å². The smallest absolute Gasteiger partial charge is 0.355 e. The molecule has 2 fully saturated rings. The maximum atomic E-state index is 12.7. The van der Waals surface area contributed by atoms with E-state index in [9.17, 15) is 23.2 Å². The van der Waals surface area contributed by atoms with Crippen LogP contribution in [0.1, 0.15) is 50.5 Å². The van der Waals surface area contributed by atoms with Gasteiger partial charge < -0.3 is 10.2 Å². The number of halogens is 3. The summed E-state index contributed by atoms with van der Waals surface area (Å²) in [6.45, 7) is 2.78. The lowest BCUT2D eigenvalue weighted by molar-refractivity contribution is -0.137. The van der Waals surface area contributed by atoms with Crippen LogP contribution in [0, 0.1) is 11.3 Å². The van der Waals surface area contributed by atoms with Crippen molar-refractivity contribution in [2.45, 2.75) is 56.7 Å². The fraction of sp³-hybridized carbons (Fsp3) is 0.667. The van der Waals surface area contributed by atoms with Gasteiger partial charge in [0.1, 0.15) is 11.4 Å². The lowest BCUT2D eigenvalue weighted by atomic mass is 9.92. The molecular formula is C21H28F3N5O. The molecular weight excluding hydrogens is 395 g/mol. The van der Waals surface area contributed by atoms with Crippen LogP contribution in [0.5, 0.6) is 0 Å². The maximum Gasteiger partial charge on any atom is 0.417 e. The van der Waals surface area contributed by atoms with Gasteiger partial charge in [-0.15, -0.1) is 0 Å². The number of pyridine rings is 1. The molecule has 0 unspecified atom stereocenters. The summed E-state index contributed by atoms with van der Waals surface area (Å²) in [5.74, 6) is 0.371. The van der Waals surface area contributed by atoms with Crippen molar-refractivity contribution in [2.75, 3.05) is 37.6 Å². The molecule has 1 saturated heterocycles. The number of rotatable bonds is 4. The minimum absolute atomic E-state index is 0.139. The second-order valence-corrected chi connectivity index (χ2v) is 8.18. The number of alkyl halides is 3. The summed E-state index contributed by atoms with van der Waals surface area (Å²) in [6.07, 6.45) is 2.73. The number of aromatic nitrogens is 1. The highest BCUT2D eigenvalue weighted by Gasteiger charge is 2.33. The first-order valence-corrected chi connectivity index (χ1v) is 10.5. The monoisotopic (exact) mass is 423 g/mol. The molecule has 1 saturated carbocycles. The SMILES string of the molecule is N#CC1(NC(=O)CN2CCCN(c3ccc(C(F)(F)F)cn3)CC2)CCCCCC1. The molecule has 0 radical (unpaired) electrons. The molecule has 0 aromatic carbocycles. The Balaban J connectivity index is 1.53. The Labute approximate surface area is 175 Å². The van der Waals surface area contributed by atoms with E-state index in [1.54, 1.807) is 0 Å². The summed E-state index contributed by atoms with van der Waals surface area (Å²) in [5, 5.41) is 12.6. The van der Waals surface area contributed by atoms with Gasteiger partial charge in [0.15, 0.2) is 0 Å². The van der Waals surface area contributed by atoms with Crippen LogP contribution in [0.4, 0.5) is 19.0 Å². The molecule has 0 atom stereocenters. The highest BCUT2D eigenvalue weighted by molar-refractivity contribution is 5.79. The van der Waals surface area contributed by atoms with E-state index in [2.05, 4.69) is 16.4 Å². The Morgan fingerprint density at radius 1 is 1.10 bits per heavy atom. The van der Waals surface area contributed by atoms with Crippen LogP contribution in [0.2, 0.25) is 0 Å². The van der Waals surface area contributed by atoms with E-state index in [-0.39, 0.29) is 12.5 Å². The molecule has 1 aromatic heterocycles. The molecule has 164 valence electrons. The molecule has 6 nitrogen and oxygen atoms in total. The van der Waals surface area contributed by atoms with E-state index in [4.69, 9.17) is 0 Å². The van der Waals surface area contributed by atoms with Crippen molar-refractivity contribution in [3.8, 4) is 6.07 Å². The molecule has 30 heavy (non-hydrogen) atoms. The van der Waals surface area contributed by atoms with Gasteiger partial charge in [-0.1, -0.05) is 25.7 Å². The Morgan fingerprint density at radius 3 is 2.43 bits per heavy atom. The summed E-state index contributed by atoms with van der Waals surface area (Å²) in [5.41, 5.74) is -1.51. The Kier molecular flexibility index (Phi) is 7.19. The van der Waals surface area contributed by atoms with Gasteiger partial charge in [0.05, 0.1) is 18.2 Å². The molecule has 1 aliphatic carbocycles. The molecule has 0 bridgehead atoms. The number of hydrogen-bond donors (Lipinski definition) is 1. The van der Waals surface area contributed by atoms with Gasteiger partial charge in [-0.25, -0.2) is 4.98 Å².